The predicted octanol–water partition coefficient (Wildman–Crippen LogP) is -0.520. The van der Waals surface area contributed by atoms with Crippen molar-refractivity contribution in [2.24, 2.45) is 0 Å². The van der Waals surface area contributed by atoms with E-state index < -0.39 is 24.5 Å². The zero-order valence-electron chi connectivity index (χ0n) is 19.3. The number of nitrogens with two attached hydrogens (primary N) is 1. The lowest BCUT2D eigenvalue weighted by Gasteiger charge is -2.30. The van der Waals surface area contributed by atoms with E-state index in [4.69, 9.17) is 32.3 Å². The van der Waals surface area contributed by atoms with E-state index in [1.807, 2.05) is 6.07 Å². The molecule has 0 aliphatic carbocycles. The Bertz CT molecular complexity index is 1010. The number of rotatable bonds is 8. The van der Waals surface area contributed by atoms with Gasteiger partial charge in [-0.3, -0.25) is 9.59 Å². The molecule has 1 amide bonds. The van der Waals surface area contributed by atoms with Gasteiger partial charge in [-0.15, -0.1) is 0 Å². The third kappa shape index (κ3) is 9.08. The van der Waals surface area contributed by atoms with Crippen molar-refractivity contribution in [2.45, 2.75) is 38.0 Å². The number of likely N-dealkylation sites (tertiary alicyclic amines) is 1. The number of carboxylic acids is 2. The lowest BCUT2D eigenvalue weighted by atomic mass is 10.0. The van der Waals surface area contributed by atoms with Gasteiger partial charge in [-0.2, -0.15) is 0 Å². The second kappa shape index (κ2) is 13.5. The number of ether oxygens (including phenoxy) is 1. The average Bonchev–Trinajstić information content (AvgIpc) is 2.82. The van der Waals surface area contributed by atoms with Crippen LogP contribution in [-0.4, -0.2) is 60.4 Å². The number of hydrogen-bond acceptors (Lipinski definition) is 7. The lowest BCUT2D eigenvalue weighted by molar-refractivity contribution is -0.918. The maximum Gasteiger partial charge on any atom is 0.306 e. The molecule has 2 aromatic carbocycles. The Morgan fingerprint density at radius 3 is 2.37 bits per heavy atom. The van der Waals surface area contributed by atoms with Gasteiger partial charge in [0, 0.05) is 30.5 Å². The van der Waals surface area contributed by atoms with Crippen molar-refractivity contribution in [1.82, 2.24) is 5.32 Å². The summed E-state index contributed by atoms with van der Waals surface area (Å²) in [5.41, 5.74) is 7.96. The van der Waals surface area contributed by atoms with Crippen LogP contribution in [0.4, 0.5) is 5.69 Å². The third-order valence-corrected chi connectivity index (χ3v) is 5.86. The minimum Gasteiger partial charge on any atom is -0.547 e. The Kier molecular flexibility index (Phi) is 10.8. The summed E-state index contributed by atoms with van der Waals surface area (Å²) in [6.45, 7) is 3.11. The van der Waals surface area contributed by atoms with Crippen molar-refractivity contribution >= 4 is 35.1 Å². The normalized spacial score (nSPS) is 17.9. The molecule has 0 saturated carbocycles. The first kappa shape index (κ1) is 27.9. The molecular weight excluding hydrogens is 478 g/mol. The summed E-state index contributed by atoms with van der Waals surface area (Å²) < 4.78 is 5.27. The number of carboxylic acid groups (broad SMARTS) is 2. The number of piperidine rings is 1. The van der Waals surface area contributed by atoms with Crippen molar-refractivity contribution in [3.63, 3.8) is 0 Å². The molecule has 1 heterocycles. The fourth-order valence-electron chi connectivity index (χ4n) is 3.66. The number of amides is 1. The molecule has 6 N–H and O–H groups in total. The van der Waals surface area contributed by atoms with Crippen molar-refractivity contribution in [2.75, 3.05) is 25.9 Å². The molecule has 0 unspecified atom stereocenters. The van der Waals surface area contributed by atoms with Gasteiger partial charge in [-0.25, -0.2) is 0 Å². The van der Waals surface area contributed by atoms with Crippen LogP contribution in [-0.2, 0) is 16.1 Å². The monoisotopic (exact) mass is 507 g/mol. The minimum atomic E-state index is -1.90. The number of quaternary nitrogens is 1. The van der Waals surface area contributed by atoms with E-state index in [0.29, 0.717) is 22.0 Å². The number of carbonyl (C=O) groups is 3. The first-order valence-corrected chi connectivity index (χ1v) is 11.4. The van der Waals surface area contributed by atoms with Crippen LogP contribution in [0.1, 0.15) is 35.2 Å². The molecule has 2 aromatic rings. The van der Waals surface area contributed by atoms with E-state index in [1.165, 1.54) is 12.7 Å². The largest absolute Gasteiger partial charge is 0.547 e. The van der Waals surface area contributed by atoms with Gasteiger partial charge in [-0.05, 0) is 6.07 Å². The second-order valence-corrected chi connectivity index (χ2v) is 8.57. The van der Waals surface area contributed by atoms with E-state index in [1.54, 1.807) is 17.0 Å². The quantitative estimate of drug-likeness (QED) is 0.297. The summed E-state index contributed by atoms with van der Waals surface area (Å²) in [5.74, 6) is -2.86. The fraction of sp³-hybridized carbons (Fsp3) is 0.375. The van der Waals surface area contributed by atoms with Crippen LogP contribution < -0.4 is 25.8 Å². The zero-order valence-corrected chi connectivity index (χ0v) is 20.1. The smallest absolute Gasteiger partial charge is 0.306 e. The molecule has 3 rings (SSSR count). The summed E-state index contributed by atoms with van der Waals surface area (Å²) in [4.78, 5) is 33.5. The number of aliphatic carboxylic acids is 2. The molecule has 0 aromatic heterocycles. The highest BCUT2D eigenvalue weighted by Gasteiger charge is 2.25. The topological polar surface area (TPSA) is 166 Å². The van der Waals surface area contributed by atoms with Crippen LogP contribution in [0.15, 0.2) is 42.5 Å². The van der Waals surface area contributed by atoms with Gasteiger partial charge in [0.1, 0.15) is 18.4 Å². The molecule has 1 atom stereocenters. The number of carbonyl (C=O) groups excluding carboxylic acids is 2. The highest BCUT2D eigenvalue weighted by atomic mass is 35.5. The number of methoxy groups -OCH3 is 1. The molecule has 190 valence electrons. The standard InChI is InChI=1S/C20H24ClN3O2.C4H6O5/c1-26-19-12-18(22)17(21)11-16(19)20(25)23-15-7-9-24(10-8-15)13-14-5-3-2-4-6-14;5-2(4(8)9)1-3(6)7/h2-6,11-12,15H,7-10,13,22H2,1H3,(H,23,25);2,5H,1H2,(H,6,7)(H,8,9)/t;2-/m.0/s1. The number of anilines is 1. The molecule has 10 nitrogen and oxygen atoms in total. The molecule has 1 aliphatic heterocycles. The van der Waals surface area contributed by atoms with Crippen LogP contribution >= 0.6 is 11.6 Å². The Labute approximate surface area is 208 Å². The molecule has 1 fully saturated rings. The summed E-state index contributed by atoms with van der Waals surface area (Å²) >= 11 is 6.06. The molecule has 1 saturated heterocycles. The Balaban J connectivity index is 0.000000410. The fourth-order valence-corrected chi connectivity index (χ4v) is 3.82. The number of nitrogens with one attached hydrogen (secondary N) is 2. The van der Waals surface area contributed by atoms with E-state index >= 15 is 0 Å². The first-order valence-electron chi connectivity index (χ1n) is 11.0. The van der Waals surface area contributed by atoms with E-state index in [9.17, 15) is 19.5 Å². The maximum absolute atomic E-state index is 12.6. The minimum absolute atomic E-state index is 0.166. The maximum atomic E-state index is 12.6. The molecule has 35 heavy (non-hydrogen) atoms. The molecular formula is C24H30ClN3O7. The van der Waals surface area contributed by atoms with E-state index in [0.717, 1.165) is 32.5 Å². The number of aliphatic hydroxyl groups is 1. The van der Waals surface area contributed by atoms with Gasteiger partial charge in [-0.1, -0.05) is 41.9 Å². The lowest BCUT2D eigenvalue weighted by Crippen LogP contribution is -3.12. The summed E-state index contributed by atoms with van der Waals surface area (Å²) in [7, 11) is 1.52. The van der Waals surface area contributed by atoms with Gasteiger partial charge < -0.3 is 40.8 Å². The predicted molar refractivity (Wildman–Crippen MR) is 127 cm³/mol. The van der Waals surface area contributed by atoms with E-state index in [2.05, 4.69) is 29.6 Å². The van der Waals surface area contributed by atoms with Crippen molar-refractivity contribution in [1.29, 1.82) is 0 Å². The number of aliphatic hydroxyl groups excluding tert-OH is 1. The highest BCUT2D eigenvalue weighted by Crippen LogP contribution is 2.28. The number of hydrogen-bond donors (Lipinski definition) is 5. The summed E-state index contributed by atoms with van der Waals surface area (Å²) in [6, 6.07) is 13.8. The van der Waals surface area contributed by atoms with Crippen LogP contribution in [0.5, 0.6) is 5.75 Å². The van der Waals surface area contributed by atoms with Crippen molar-refractivity contribution < 1.29 is 39.3 Å². The molecule has 0 spiro atoms. The SMILES string of the molecule is COc1cc(N)c(Cl)cc1C(=O)NC1CC[NH+](Cc2ccccc2)CC1.O=C(O)C[C@H](O)C(=O)[O-]. The van der Waals surface area contributed by atoms with Crippen LogP contribution in [0.25, 0.3) is 0 Å². The summed E-state index contributed by atoms with van der Waals surface area (Å²) in [6.07, 6.45) is -0.803. The number of benzene rings is 2. The zero-order chi connectivity index (χ0) is 26.0. The Morgan fingerprint density at radius 2 is 1.86 bits per heavy atom. The van der Waals surface area contributed by atoms with Crippen LogP contribution in [0, 0.1) is 0 Å². The first-order chi connectivity index (χ1) is 16.6. The Morgan fingerprint density at radius 1 is 1.23 bits per heavy atom. The summed E-state index contributed by atoms with van der Waals surface area (Å²) in [5, 5.41) is 29.2. The molecule has 0 radical (unpaired) electrons. The van der Waals surface area contributed by atoms with Gasteiger partial charge in [0.15, 0.2) is 0 Å². The van der Waals surface area contributed by atoms with Crippen molar-refractivity contribution in [3.05, 3.63) is 58.6 Å². The Hall–Kier alpha value is -3.34. The molecule has 0 bridgehead atoms. The van der Waals surface area contributed by atoms with Crippen LogP contribution in [0.3, 0.4) is 0 Å². The number of nitrogen functional groups attached to an aromatic ring is 1. The van der Waals surface area contributed by atoms with Gasteiger partial charge >= 0.3 is 5.97 Å². The molecule has 11 heteroatoms. The average molecular weight is 508 g/mol. The number of halogens is 1. The second-order valence-electron chi connectivity index (χ2n) is 8.17. The van der Waals surface area contributed by atoms with Crippen molar-refractivity contribution in [3.8, 4) is 5.75 Å². The van der Waals surface area contributed by atoms with Crippen LogP contribution in [0.2, 0.25) is 5.02 Å². The van der Waals surface area contributed by atoms with Gasteiger partial charge in [0.2, 0.25) is 0 Å². The van der Waals surface area contributed by atoms with Gasteiger partial charge in [0.25, 0.3) is 5.91 Å². The van der Waals surface area contributed by atoms with E-state index in [-0.39, 0.29) is 11.9 Å². The van der Waals surface area contributed by atoms with Gasteiger partial charge in [0.05, 0.1) is 48.9 Å². The highest BCUT2D eigenvalue weighted by molar-refractivity contribution is 6.33. The molecule has 1 aliphatic rings. The third-order valence-electron chi connectivity index (χ3n) is 5.53.